The highest BCUT2D eigenvalue weighted by Gasteiger charge is 2.12. The van der Waals surface area contributed by atoms with Crippen LogP contribution in [-0.2, 0) is 6.42 Å². The second kappa shape index (κ2) is 7.77. The molecule has 0 atom stereocenters. The van der Waals surface area contributed by atoms with Gasteiger partial charge in [-0.25, -0.2) is 14.6 Å². The zero-order valence-corrected chi connectivity index (χ0v) is 14.9. The fraction of sp³-hybridized carbons (Fsp3) is 0.263. The van der Waals surface area contributed by atoms with Crippen molar-refractivity contribution >= 4 is 11.9 Å². The fourth-order valence-corrected chi connectivity index (χ4v) is 2.52. The van der Waals surface area contributed by atoms with Gasteiger partial charge in [0.2, 0.25) is 5.95 Å². The van der Waals surface area contributed by atoms with Crippen LogP contribution in [0.15, 0.2) is 48.8 Å². The molecule has 0 spiro atoms. The summed E-state index contributed by atoms with van der Waals surface area (Å²) in [5.74, 6) is 0.0395. The van der Waals surface area contributed by atoms with Gasteiger partial charge >= 0.3 is 0 Å². The number of nitrogens with zero attached hydrogens (tertiary/aromatic N) is 4. The molecule has 0 aliphatic heterocycles. The first-order chi connectivity index (χ1) is 12.5. The summed E-state index contributed by atoms with van der Waals surface area (Å²) in [6.45, 7) is 4.47. The average Bonchev–Trinajstić information content (AvgIpc) is 3.10. The molecular weight excluding hydrogens is 328 g/mol. The molecular formula is C19H22N6O. The van der Waals surface area contributed by atoms with E-state index in [1.54, 1.807) is 12.3 Å². The lowest BCUT2D eigenvalue weighted by atomic mass is 10.1. The van der Waals surface area contributed by atoms with Crippen molar-refractivity contribution < 1.29 is 4.79 Å². The van der Waals surface area contributed by atoms with Gasteiger partial charge in [0.25, 0.3) is 5.91 Å². The molecule has 0 aliphatic carbocycles. The molecule has 7 heteroatoms. The third-order valence-electron chi connectivity index (χ3n) is 3.94. The van der Waals surface area contributed by atoms with Crippen LogP contribution in [0.25, 0.3) is 5.69 Å². The van der Waals surface area contributed by atoms with E-state index in [9.17, 15) is 4.79 Å². The first-order valence-electron chi connectivity index (χ1n) is 8.54. The van der Waals surface area contributed by atoms with Gasteiger partial charge in [0.1, 0.15) is 5.69 Å². The van der Waals surface area contributed by atoms with Crippen molar-refractivity contribution in [2.75, 3.05) is 12.3 Å². The van der Waals surface area contributed by atoms with Gasteiger partial charge < -0.3 is 11.1 Å². The standard InChI is InChI=1S/C19H22N6O/c1-13(2)16-10-17(24-19(20)23-16)18(26)21-9-8-14-11-22-25(12-14)15-6-4-3-5-7-15/h3-7,10-13H,8-9H2,1-2H3,(H,21,26)(H2,20,23,24). The van der Waals surface area contributed by atoms with Crippen LogP contribution >= 0.6 is 0 Å². The first kappa shape index (κ1) is 17.6. The molecule has 3 N–H and O–H groups in total. The van der Waals surface area contributed by atoms with E-state index < -0.39 is 0 Å². The highest BCUT2D eigenvalue weighted by atomic mass is 16.1. The Hall–Kier alpha value is -3.22. The summed E-state index contributed by atoms with van der Waals surface area (Å²) >= 11 is 0. The Bertz CT molecular complexity index is 888. The average molecular weight is 350 g/mol. The van der Waals surface area contributed by atoms with Gasteiger partial charge in [0, 0.05) is 18.4 Å². The molecule has 1 amide bonds. The minimum atomic E-state index is -0.253. The van der Waals surface area contributed by atoms with E-state index in [0.717, 1.165) is 16.9 Å². The van der Waals surface area contributed by atoms with E-state index in [0.29, 0.717) is 18.7 Å². The van der Waals surface area contributed by atoms with Crippen molar-refractivity contribution in [3.63, 3.8) is 0 Å². The number of carbonyl (C=O) groups excluding carboxylic acids is 1. The SMILES string of the molecule is CC(C)c1cc(C(=O)NCCc2cnn(-c3ccccc3)c2)nc(N)n1. The Labute approximate surface area is 152 Å². The molecule has 0 saturated carbocycles. The monoisotopic (exact) mass is 350 g/mol. The molecule has 2 heterocycles. The van der Waals surface area contributed by atoms with Gasteiger partial charge in [-0.05, 0) is 36.1 Å². The van der Waals surface area contributed by atoms with Crippen LogP contribution in [0.3, 0.4) is 0 Å². The van der Waals surface area contributed by atoms with Crippen LogP contribution < -0.4 is 11.1 Å². The number of benzene rings is 1. The smallest absolute Gasteiger partial charge is 0.270 e. The van der Waals surface area contributed by atoms with Gasteiger partial charge in [-0.15, -0.1) is 0 Å². The minimum Gasteiger partial charge on any atom is -0.368 e. The summed E-state index contributed by atoms with van der Waals surface area (Å²) in [6.07, 6.45) is 4.44. The highest BCUT2D eigenvalue weighted by molar-refractivity contribution is 5.92. The Kier molecular flexibility index (Phi) is 5.26. The second-order valence-electron chi connectivity index (χ2n) is 6.33. The molecule has 3 aromatic rings. The Morgan fingerprint density at radius 1 is 1.23 bits per heavy atom. The lowest BCUT2D eigenvalue weighted by Crippen LogP contribution is -2.27. The number of nitrogens with two attached hydrogens (primary N) is 1. The predicted octanol–water partition coefficient (Wildman–Crippen LogP) is 2.34. The number of rotatable bonds is 6. The molecule has 0 bridgehead atoms. The lowest BCUT2D eigenvalue weighted by molar-refractivity contribution is 0.0949. The highest BCUT2D eigenvalue weighted by Crippen LogP contribution is 2.13. The van der Waals surface area contributed by atoms with E-state index in [4.69, 9.17) is 5.73 Å². The van der Waals surface area contributed by atoms with E-state index in [1.165, 1.54) is 0 Å². The molecule has 1 aromatic carbocycles. The molecule has 0 unspecified atom stereocenters. The quantitative estimate of drug-likeness (QED) is 0.711. The summed E-state index contributed by atoms with van der Waals surface area (Å²) in [6, 6.07) is 11.6. The van der Waals surface area contributed by atoms with Crippen molar-refractivity contribution in [2.24, 2.45) is 0 Å². The van der Waals surface area contributed by atoms with E-state index in [-0.39, 0.29) is 17.8 Å². The molecule has 0 fully saturated rings. The second-order valence-corrected chi connectivity index (χ2v) is 6.33. The third kappa shape index (κ3) is 4.24. The molecule has 7 nitrogen and oxygen atoms in total. The van der Waals surface area contributed by atoms with Crippen molar-refractivity contribution in [2.45, 2.75) is 26.2 Å². The van der Waals surface area contributed by atoms with Crippen LogP contribution in [0.5, 0.6) is 0 Å². The van der Waals surface area contributed by atoms with Crippen molar-refractivity contribution in [3.8, 4) is 5.69 Å². The van der Waals surface area contributed by atoms with Crippen LogP contribution in [0.1, 0.15) is 41.5 Å². The van der Waals surface area contributed by atoms with E-state index >= 15 is 0 Å². The van der Waals surface area contributed by atoms with Crippen LogP contribution in [0.2, 0.25) is 0 Å². The van der Waals surface area contributed by atoms with Gasteiger partial charge in [0.05, 0.1) is 11.9 Å². The topological polar surface area (TPSA) is 98.7 Å². The molecule has 26 heavy (non-hydrogen) atoms. The van der Waals surface area contributed by atoms with E-state index in [2.05, 4.69) is 20.4 Å². The maximum absolute atomic E-state index is 12.3. The molecule has 0 radical (unpaired) electrons. The molecule has 3 rings (SSSR count). The molecule has 2 aromatic heterocycles. The Morgan fingerprint density at radius 2 is 2.00 bits per heavy atom. The number of carbonyl (C=O) groups is 1. The number of aromatic nitrogens is 4. The summed E-state index contributed by atoms with van der Waals surface area (Å²) < 4.78 is 1.82. The van der Waals surface area contributed by atoms with Crippen LogP contribution in [0.4, 0.5) is 5.95 Å². The predicted molar refractivity (Wildman–Crippen MR) is 100 cm³/mol. The number of hydrogen-bond donors (Lipinski definition) is 2. The maximum Gasteiger partial charge on any atom is 0.270 e. The first-order valence-corrected chi connectivity index (χ1v) is 8.54. The number of amides is 1. The van der Waals surface area contributed by atoms with Gasteiger partial charge in [-0.1, -0.05) is 32.0 Å². The Morgan fingerprint density at radius 3 is 2.73 bits per heavy atom. The van der Waals surface area contributed by atoms with Gasteiger partial charge in [-0.3, -0.25) is 4.79 Å². The summed E-state index contributed by atoms with van der Waals surface area (Å²) in [7, 11) is 0. The third-order valence-corrected chi connectivity index (χ3v) is 3.94. The number of hydrogen-bond acceptors (Lipinski definition) is 5. The van der Waals surface area contributed by atoms with Crippen LogP contribution in [0, 0.1) is 0 Å². The minimum absolute atomic E-state index is 0.116. The zero-order valence-electron chi connectivity index (χ0n) is 14.9. The lowest BCUT2D eigenvalue weighted by Gasteiger charge is -2.08. The number of para-hydroxylation sites is 1. The van der Waals surface area contributed by atoms with Crippen LogP contribution in [-0.4, -0.2) is 32.2 Å². The maximum atomic E-state index is 12.3. The van der Waals surface area contributed by atoms with E-state index in [1.807, 2.05) is 55.1 Å². The van der Waals surface area contributed by atoms with Crippen molar-refractivity contribution in [3.05, 3.63) is 65.7 Å². The number of anilines is 1. The molecule has 0 aliphatic rings. The zero-order chi connectivity index (χ0) is 18.5. The number of nitrogens with one attached hydrogen (secondary N) is 1. The summed E-state index contributed by atoms with van der Waals surface area (Å²) in [5, 5.41) is 7.22. The normalized spacial score (nSPS) is 10.9. The van der Waals surface area contributed by atoms with Gasteiger partial charge in [-0.2, -0.15) is 5.10 Å². The van der Waals surface area contributed by atoms with Crippen molar-refractivity contribution in [1.29, 1.82) is 0 Å². The largest absolute Gasteiger partial charge is 0.368 e. The Balaban J connectivity index is 1.58. The molecule has 134 valence electrons. The van der Waals surface area contributed by atoms with Gasteiger partial charge in [0.15, 0.2) is 0 Å². The fourth-order valence-electron chi connectivity index (χ4n) is 2.52. The summed E-state index contributed by atoms with van der Waals surface area (Å²) in [5.41, 5.74) is 8.79. The van der Waals surface area contributed by atoms with Crippen molar-refractivity contribution in [1.82, 2.24) is 25.1 Å². The summed E-state index contributed by atoms with van der Waals surface area (Å²) in [4.78, 5) is 20.5. The molecule has 0 saturated heterocycles. The number of nitrogen functional groups attached to an aromatic ring is 1.